The van der Waals surface area contributed by atoms with E-state index in [2.05, 4.69) is 29.4 Å². The predicted molar refractivity (Wildman–Crippen MR) is 109 cm³/mol. The fraction of sp³-hybridized carbons (Fsp3) is 0.238. The number of fused-ring (bicyclic) bond motifs is 1. The lowest BCUT2D eigenvalue weighted by Crippen LogP contribution is -2.05. The van der Waals surface area contributed by atoms with Gasteiger partial charge in [-0.05, 0) is 56.2 Å². The van der Waals surface area contributed by atoms with Gasteiger partial charge in [0.25, 0.3) is 0 Å². The first-order valence-corrected chi connectivity index (χ1v) is 8.55. The standard InChI is InChI=1S/C21H22N2O2.ClH/c1-4-15-8-6-7-9-18(15)23-20-12-14(3)22-19-11-10-16(13-17(19)20)21(24)25-5-2;/h6-13H,4-5H2,1-3H3,(H,22,23);1H. The average molecular weight is 371 g/mol. The van der Waals surface area contributed by atoms with E-state index in [-0.39, 0.29) is 18.4 Å². The molecule has 0 bridgehead atoms. The summed E-state index contributed by atoms with van der Waals surface area (Å²) < 4.78 is 5.12. The van der Waals surface area contributed by atoms with Crippen LogP contribution in [0.1, 0.15) is 35.5 Å². The summed E-state index contributed by atoms with van der Waals surface area (Å²) in [5.74, 6) is -0.315. The van der Waals surface area contributed by atoms with Crippen LogP contribution in [0, 0.1) is 6.92 Å². The third-order valence-corrected chi connectivity index (χ3v) is 4.12. The number of anilines is 2. The fourth-order valence-electron chi connectivity index (χ4n) is 2.90. The van der Waals surface area contributed by atoms with Crippen LogP contribution in [-0.4, -0.2) is 17.6 Å². The van der Waals surface area contributed by atoms with Crippen molar-refractivity contribution in [3.8, 4) is 0 Å². The minimum atomic E-state index is -0.315. The topological polar surface area (TPSA) is 51.2 Å². The summed E-state index contributed by atoms with van der Waals surface area (Å²) >= 11 is 0. The highest BCUT2D eigenvalue weighted by molar-refractivity contribution is 5.99. The highest BCUT2D eigenvalue weighted by Crippen LogP contribution is 2.29. The zero-order valence-corrected chi connectivity index (χ0v) is 16.0. The minimum Gasteiger partial charge on any atom is -0.462 e. The quantitative estimate of drug-likeness (QED) is 0.607. The van der Waals surface area contributed by atoms with E-state index >= 15 is 0 Å². The Hall–Kier alpha value is -2.59. The normalized spacial score (nSPS) is 10.3. The van der Waals surface area contributed by atoms with Crippen LogP contribution in [-0.2, 0) is 11.2 Å². The number of nitrogens with one attached hydrogen (secondary N) is 1. The molecule has 26 heavy (non-hydrogen) atoms. The lowest BCUT2D eigenvalue weighted by atomic mass is 10.1. The molecule has 0 spiro atoms. The SMILES string of the molecule is CCOC(=O)c1ccc2nc(C)cc(Nc3ccccc3CC)c2c1.Cl. The van der Waals surface area contributed by atoms with Crippen molar-refractivity contribution in [1.29, 1.82) is 0 Å². The monoisotopic (exact) mass is 370 g/mol. The highest BCUT2D eigenvalue weighted by atomic mass is 35.5. The smallest absolute Gasteiger partial charge is 0.338 e. The molecule has 1 heterocycles. The first-order chi connectivity index (χ1) is 12.1. The number of benzene rings is 2. The van der Waals surface area contributed by atoms with Crippen molar-refractivity contribution in [3.63, 3.8) is 0 Å². The minimum absolute atomic E-state index is 0. The highest BCUT2D eigenvalue weighted by Gasteiger charge is 2.11. The van der Waals surface area contributed by atoms with E-state index < -0.39 is 0 Å². The maximum Gasteiger partial charge on any atom is 0.338 e. The molecule has 1 aromatic heterocycles. The first kappa shape index (κ1) is 19.7. The molecule has 0 aliphatic carbocycles. The maximum absolute atomic E-state index is 12.1. The third kappa shape index (κ3) is 4.14. The van der Waals surface area contributed by atoms with E-state index in [0.29, 0.717) is 12.2 Å². The molecule has 2 aromatic carbocycles. The molecular weight excluding hydrogens is 348 g/mol. The number of aromatic nitrogens is 1. The second-order valence-corrected chi connectivity index (χ2v) is 5.90. The largest absolute Gasteiger partial charge is 0.462 e. The van der Waals surface area contributed by atoms with Crippen molar-refractivity contribution in [2.45, 2.75) is 27.2 Å². The van der Waals surface area contributed by atoms with Crippen LogP contribution in [0.15, 0.2) is 48.5 Å². The molecule has 0 aliphatic heterocycles. The van der Waals surface area contributed by atoms with Gasteiger partial charge in [-0.2, -0.15) is 0 Å². The van der Waals surface area contributed by atoms with E-state index in [9.17, 15) is 4.79 Å². The van der Waals surface area contributed by atoms with Gasteiger partial charge in [0.2, 0.25) is 0 Å². The Bertz CT molecular complexity index is 925. The van der Waals surface area contributed by atoms with E-state index in [0.717, 1.165) is 34.4 Å². The van der Waals surface area contributed by atoms with E-state index in [1.807, 2.05) is 37.3 Å². The zero-order chi connectivity index (χ0) is 17.8. The van der Waals surface area contributed by atoms with E-state index in [4.69, 9.17) is 4.74 Å². The number of ether oxygens (including phenoxy) is 1. The number of hydrogen-bond donors (Lipinski definition) is 1. The van der Waals surface area contributed by atoms with Gasteiger partial charge in [-0.3, -0.25) is 4.98 Å². The van der Waals surface area contributed by atoms with Gasteiger partial charge in [0.05, 0.1) is 17.7 Å². The van der Waals surface area contributed by atoms with Crippen LogP contribution in [0.25, 0.3) is 10.9 Å². The maximum atomic E-state index is 12.1. The van der Waals surface area contributed by atoms with Gasteiger partial charge >= 0.3 is 5.97 Å². The van der Waals surface area contributed by atoms with Gasteiger partial charge in [-0.25, -0.2) is 4.79 Å². The summed E-state index contributed by atoms with van der Waals surface area (Å²) in [7, 11) is 0. The lowest BCUT2D eigenvalue weighted by Gasteiger charge is -2.14. The Morgan fingerprint density at radius 2 is 1.85 bits per heavy atom. The molecule has 0 aliphatic rings. The van der Waals surface area contributed by atoms with Crippen LogP contribution >= 0.6 is 12.4 Å². The Morgan fingerprint density at radius 3 is 2.58 bits per heavy atom. The second-order valence-electron chi connectivity index (χ2n) is 5.90. The fourth-order valence-corrected chi connectivity index (χ4v) is 2.90. The molecule has 0 amide bonds. The molecule has 3 aromatic rings. The van der Waals surface area contributed by atoms with Gasteiger partial charge in [-0.15, -0.1) is 12.4 Å². The van der Waals surface area contributed by atoms with Gasteiger partial charge < -0.3 is 10.1 Å². The van der Waals surface area contributed by atoms with Crippen LogP contribution in [0.3, 0.4) is 0 Å². The summed E-state index contributed by atoms with van der Waals surface area (Å²) in [6.45, 7) is 6.27. The molecule has 0 radical (unpaired) electrons. The Kier molecular flexibility index (Phi) is 6.58. The number of esters is 1. The number of aryl methyl sites for hydroxylation is 2. The summed E-state index contributed by atoms with van der Waals surface area (Å²) in [6.07, 6.45) is 0.944. The molecule has 3 rings (SSSR count). The van der Waals surface area contributed by atoms with Crippen LogP contribution < -0.4 is 5.32 Å². The summed E-state index contributed by atoms with van der Waals surface area (Å²) in [5, 5.41) is 4.42. The Balaban J connectivity index is 0.00000243. The number of halogens is 1. The number of para-hydroxylation sites is 1. The second kappa shape index (κ2) is 8.68. The van der Waals surface area contributed by atoms with Crippen LogP contribution in [0.4, 0.5) is 11.4 Å². The third-order valence-electron chi connectivity index (χ3n) is 4.12. The summed E-state index contributed by atoms with van der Waals surface area (Å²) in [6, 6.07) is 15.7. The number of carbonyl (C=O) groups excluding carboxylic acids is 1. The van der Waals surface area contributed by atoms with E-state index in [1.165, 1.54) is 5.56 Å². The number of hydrogen-bond acceptors (Lipinski definition) is 4. The number of rotatable bonds is 5. The molecule has 0 saturated carbocycles. The van der Waals surface area contributed by atoms with Crippen LogP contribution in [0.5, 0.6) is 0 Å². The van der Waals surface area contributed by atoms with Gasteiger partial charge in [0.1, 0.15) is 0 Å². The number of carbonyl (C=O) groups is 1. The van der Waals surface area contributed by atoms with Crippen molar-refractivity contribution in [2.24, 2.45) is 0 Å². The zero-order valence-electron chi connectivity index (χ0n) is 15.2. The first-order valence-electron chi connectivity index (χ1n) is 8.55. The molecule has 1 N–H and O–H groups in total. The van der Waals surface area contributed by atoms with Gasteiger partial charge in [-0.1, -0.05) is 25.1 Å². The molecule has 0 unspecified atom stereocenters. The summed E-state index contributed by atoms with van der Waals surface area (Å²) in [5.41, 5.74) is 5.56. The Morgan fingerprint density at radius 1 is 1.08 bits per heavy atom. The van der Waals surface area contributed by atoms with Crippen molar-refractivity contribution in [1.82, 2.24) is 4.98 Å². The lowest BCUT2D eigenvalue weighted by molar-refractivity contribution is 0.0526. The molecule has 0 fully saturated rings. The van der Waals surface area contributed by atoms with Crippen molar-refractivity contribution < 1.29 is 9.53 Å². The number of nitrogens with zero attached hydrogens (tertiary/aromatic N) is 1. The predicted octanol–water partition coefficient (Wildman–Crippen LogP) is 5.45. The van der Waals surface area contributed by atoms with E-state index in [1.54, 1.807) is 13.0 Å². The Labute approximate surface area is 160 Å². The number of pyridine rings is 1. The average Bonchev–Trinajstić information content (AvgIpc) is 2.62. The van der Waals surface area contributed by atoms with Crippen molar-refractivity contribution in [2.75, 3.05) is 11.9 Å². The van der Waals surface area contributed by atoms with Gasteiger partial charge in [0.15, 0.2) is 0 Å². The molecule has 4 nitrogen and oxygen atoms in total. The van der Waals surface area contributed by atoms with Crippen molar-refractivity contribution >= 4 is 40.7 Å². The molecule has 5 heteroatoms. The molecule has 136 valence electrons. The molecule has 0 saturated heterocycles. The van der Waals surface area contributed by atoms with Gasteiger partial charge in [0, 0.05) is 22.5 Å². The molecular formula is C21H23ClN2O2. The summed E-state index contributed by atoms with van der Waals surface area (Å²) in [4.78, 5) is 16.6. The molecule has 0 atom stereocenters. The van der Waals surface area contributed by atoms with Crippen molar-refractivity contribution in [3.05, 3.63) is 65.4 Å². The van der Waals surface area contributed by atoms with Crippen LogP contribution in [0.2, 0.25) is 0 Å².